The van der Waals surface area contributed by atoms with Crippen LogP contribution in [0.3, 0.4) is 0 Å². The summed E-state index contributed by atoms with van der Waals surface area (Å²) in [6.45, 7) is 0. The van der Waals surface area contributed by atoms with Crippen LogP contribution in [0.25, 0.3) is 44.1 Å². The minimum atomic E-state index is -0.972. The summed E-state index contributed by atoms with van der Waals surface area (Å²) in [6, 6.07) is 22.4. The van der Waals surface area contributed by atoms with Gasteiger partial charge in [0.2, 0.25) is 0 Å². The lowest BCUT2D eigenvalue weighted by Crippen LogP contribution is -1.94. The third-order valence-electron chi connectivity index (χ3n) is 6.69. The molecule has 0 spiro atoms. The molecule has 0 bridgehead atoms. The number of carboxylic acids is 1. The van der Waals surface area contributed by atoms with Crippen LogP contribution in [0.5, 0.6) is 11.5 Å². The van der Waals surface area contributed by atoms with Gasteiger partial charge in [0.25, 0.3) is 0 Å². The minimum absolute atomic E-state index is 0.228. The molecule has 0 aliphatic rings. The third kappa shape index (κ3) is 5.63. The van der Waals surface area contributed by atoms with Crippen LogP contribution in [-0.2, 0) is 0 Å². The topological polar surface area (TPSA) is 104 Å². The average molecular weight is 587 g/mol. The lowest BCUT2D eigenvalue weighted by molar-refractivity contribution is 0.0699. The van der Waals surface area contributed by atoms with Gasteiger partial charge in [-0.05, 0) is 59.7 Å². The van der Waals surface area contributed by atoms with Crippen molar-refractivity contribution in [3.05, 3.63) is 106 Å². The second-order valence-electron chi connectivity index (χ2n) is 9.09. The molecule has 6 rings (SSSR count). The Morgan fingerprint density at radius 1 is 0.756 bits per heavy atom. The maximum absolute atomic E-state index is 11.2. The SMILES string of the molecule is COc1cccc(-c2cc3c(C(=O)O)c[nH]c3cc2Cl)c1.COc1cccc(-c2cc3c(C=O)c[nH]c3cc2Cl)c1. The molecule has 0 amide bonds. The lowest BCUT2D eigenvalue weighted by Gasteiger charge is -2.07. The highest BCUT2D eigenvalue weighted by Crippen LogP contribution is 2.36. The largest absolute Gasteiger partial charge is 0.497 e. The molecule has 0 fully saturated rings. The van der Waals surface area contributed by atoms with E-state index in [0.717, 1.165) is 50.9 Å². The number of benzene rings is 4. The molecule has 0 aliphatic heterocycles. The second-order valence-corrected chi connectivity index (χ2v) is 9.90. The Morgan fingerprint density at radius 3 is 1.78 bits per heavy atom. The van der Waals surface area contributed by atoms with Crippen LogP contribution >= 0.6 is 23.2 Å². The van der Waals surface area contributed by atoms with Crippen molar-refractivity contribution in [2.24, 2.45) is 0 Å². The van der Waals surface area contributed by atoms with Gasteiger partial charge in [0.15, 0.2) is 6.29 Å². The Hall–Kier alpha value is -4.72. The number of aromatic nitrogens is 2. The first-order valence-electron chi connectivity index (χ1n) is 12.4. The van der Waals surface area contributed by atoms with Gasteiger partial charge in [-0.3, -0.25) is 4.79 Å². The quantitative estimate of drug-likeness (QED) is 0.170. The van der Waals surface area contributed by atoms with Crippen LogP contribution in [0, 0.1) is 0 Å². The number of H-pyrrole nitrogens is 2. The average Bonchev–Trinajstić information content (AvgIpc) is 3.59. The molecule has 6 aromatic rings. The molecule has 9 heteroatoms. The van der Waals surface area contributed by atoms with Crippen LogP contribution in [0.2, 0.25) is 10.0 Å². The van der Waals surface area contributed by atoms with Crippen LogP contribution in [0.1, 0.15) is 20.7 Å². The first kappa shape index (κ1) is 27.8. The van der Waals surface area contributed by atoms with Gasteiger partial charge < -0.3 is 24.5 Å². The van der Waals surface area contributed by atoms with Crippen molar-refractivity contribution >= 4 is 57.3 Å². The monoisotopic (exact) mass is 586 g/mol. The minimum Gasteiger partial charge on any atom is -0.497 e. The van der Waals surface area contributed by atoms with E-state index in [-0.39, 0.29) is 5.56 Å². The number of halogens is 2. The Morgan fingerprint density at radius 2 is 1.27 bits per heavy atom. The smallest absolute Gasteiger partial charge is 0.337 e. The van der Waals surface area contributed by atoms with E-state index in [1.54, 1.807) is 32.5 Å². The van der Waals surface area contributed by atoms with E-state index in [1.807, 2.05) is 60.7 Å². The number of rotatable bonds is 6. The predicted molar refractivity (Wildman–Crippen MR) is 163 cm³/mol. The summed E-state index contributed by atoms with van der Waals surface area (Å²) in [4.78, 5) is 28.2. The zero-order chi connectivity index (χ0) is 29.1. The molecule has 0 saturated heterocycles. The fraction of sp³-hybridized carbons (Fsp3) is 0.0625. The van der Waals surface area contributed by atoms with E-state index in [0.29, 0.717) is 26.5 Å². The maximum Gasteiger partial charge on any atom is 0.337 e. The Kier molecular flexibility index (Phi) is 8.01. The summed E-state index contributed by atoms with van der Waals surface area (Å²) in [7, 11) is 3.22. The first-order valence-corrected chi connectivity index (χ1v) is 13.2. The lowest BCUT2D eigenvalue weighted by atomic mass is 10.0. The van der Waals surface area contributed by atoms with Crippen LogP contribution < -0.4 is 9.47 Å². The first-order chi connectivity index (χ1) is 19.8. The summed E-state index contributed by atoms with van der Waals surface area (Å²) in [5.74, 6) is 0.514. The number of carbonyl (C=O) groups is 2. The van der Waals surface area contributed by atoms with E-state index in [2.05, 4.69) is 9.97 Å². The van der Waals surface area contributed by atoms with Crippen molar-refractivity contribution in [3.63, 3.8) is 0 Å². The van der Waals surface area contributed by atoms with Gasteiger partial charge >= 0.3 is 5.97 Å². The number of carboxylic acid groups (broad SMARTS) is 1. The van der Waals surface area contributed by atoms with E-state index in [1.165, 1.54) is 6.20 Å². The van der Waals surface area contributed by atoms with Crippen molar-refractivity contribution in [2.45, 2.75) is 0 Å². The summed E-state index contributed by atoms with van der Waals surface area (Å²) in [5, 5.41) is 11.9. The van der Waals surface area contributed by atoms with Crippen LogP contribution in [0.4, 0.5) is 0 Å². The molecule has 0 atom stereocenters. The predicted octanol–water partition coefficient (Wildman–Crippen LogP) is 8.50. The zero-order valence-corrected chi connectivity index (χ0v) is 23.5. The molecule has 4 aromatic carbocycles. The van der Waals surface area contributed by atoms with Crippen molar-refractivity contribution in [1.82, 2.24) is 9.97 Å². The highest BCUT2D eigenvalue weighted by molar-refractivity contribution is 6.35. The molecule has 0 radical (unpaired) electrons. The molecule has 2 heterocycles. The Balaban J connectivity index is 0.000000165. The molecular weight excluding hydrogens is 563 g/mol. The number of fused-ring (bicyclic) bond motifs is 2. The molecular formula is C32H24Cl2N2O5. The number of hydrogen-bond acceptors (Lipinski definition) is 4. The Bertz CT molecular complexity index is 1910. The molecule has 7 nitrogen and oxygen atoms in total. The van der Waals surface area contributed by atoms with Crippen molar-refractivity contribution in [1.29, 1.82) is 0 Å². The standard InChI is InChI=1S/C16H12ClNO3.C16H12ClNO2/c1-21-10-4-2-3-9(5-10)11-6-12-13(16(19)20)8-18-15(12)7-14(11)17;1-20-12-4-2-3-10(5-12)13-6-14-11(9-19)8-18-16(14)7-15(13)17/h2-8,18H,1H3,(H,19,20);2-9,18H,1H3. The number of nitrogens with one attached hydrogen (secondary N) is 2. The number of carbonyl (C=O) groups excluding carboxylic acids is 1. The van der Waals surface area contributed by atoms with Crippen molar-refractivity contribution < 1.29 is 24.2 Å². The molecule has 0 saturated carbocycles. The van der Waals surface area contributed by atoms with Crippen LogP contribution in [-0.4, -0.2) is 41.5 Å². The van der Waals surface area contributed by atoms with E-state index < -0.39 is 5.97 Å². The summed E-state index contributed by atoms with van der Waals surface area (Å²) in [6.07, 6.45) is 3.99. The van der Waals surface area contributed by atoms with Gasteiger partial charge in [-0.2, -0.15) is 0 Å². The summed E-state index contributed by atoms with van der Waals surface area (Å²) in [5.41, 5.74) is 5.87. The molecule has 0 aliphatic carbocycles. The zero-order valence-electron chi connectivity index (χ0n) is 22.0. The van der Waals surface area contributed by atoms with Gasteiger partial charge in [0, 0.05) is 50.9 Å². The molecule has 0 unspecified atom stereocenters. The molecule has 3 N–H and O–H groups in total. The summed E-state index contributed by atoms with van der Waals surface area (Å²) < 4.78 is 10.4. The van der Waals surface area contributed by atoms with Gasteiger partial charge in [0.1, 0.15) is 11.5 Å². The number of ether oxygens (including phenoxy) is 2. The normalized spacial score (nSPS) is 10.7. The van der Waals surface area contributed by atoms with Crippen LogP contribution in [0.15, 0.2) is 85.2 Å². The van der Waals surface area contributed by atoms with Crippen molar-refractivity contribution in [2.75, 3.05) is 14.2 Å². The number of hydrogen-bond donors (Lipinski definition) is 3. The van der Waals surface area contributed by atoms with Gasteiger partial charge in [-0.1, -0.05) is 47.5 Å². The van der Waals surface area contributed by atoms with Gasteiger partial charge in [0.05, 0.1) is 29.8 Å². The maximum atomic E-state index is 11.2. The number of aromatic carboxylic acids is 1. The molecule has 206 valence electrons. The van der Waals surface area contributed by atoms with E-state index in [4.69, 9.17) is 32.7 Å². The number of aromatic amines is 2. The molecule has 41 heavy (non-hydrogen) atoms. The van der Waals surface area contributed by atoms with Crippen molar-refractivity contribution in [3.8, 4) is 33.8 Å². The molecule has 2 aromatic heterocycles. The second kappa shape index (κ2) is 11.8. The number of aldehydes is 1. The van der Waals surface area contributed by atoms with Gasteiger partial charge in [-0.25, -0.2) is 4.79 Å². The fourth-order valence-corrected chi connectivity index (χ4v) is 5.15. The number of methoxy groups -OCH3 is 2. The summed E-state index contributed by atoms with van der Waals surface area (Å²) >= 11 is 12.7. The highest BCUT2D eigenvalue weighted by Gasteiger charge is 2.14. The third-order valence-corrected chi connectivity index (χ3v) is 7.32. The van der Waals surface area contributed by atoms with E-state index >= 15 is 0 Å². The fourth-order valence-electron chi connectivity index (χ4n) is 4.61. The highest BCUT2D eigenvalue weighted by atomic mass is 35.5. The van der Waals surface area contributed by atoms with E-state index in [9.17, 15) is 14.7 Å². The van der Waals surface area contributed by atoms with Gasteiger partial charge in [-0.15, -0.1) is 0 Å². The Labute approximate surface area is 245 Å².